The summed E-state index contributed by atoms with van der Waals surface area (Å²) in [6.07, 6.45) is 1.68. The second-order valence-corrected chi connectivity index (χ2v) is 8.20. The molecule has 1 aromatic rings. The smallest absolute Gasteiger partial charge is 0.211 e. The van der Waals surface area contributed by atoms with Crippen LogP contribution in [0.25, 0.3) is 0 Å². The molecule has 0 aliphatic heterocycles. The first-order valence-corrected chi connectivity index (χ1v) is 11.5. The number of sulfonamides is 1. The molecule has 3 N–H and O–H groups in total. The lowest BCUT2D eigenvalue weighted by Crippen LogP contribution is -2.39. The van der Waals surface area contributed by atoms with E-state index in [1.807, 2.05) is 13.0 Å². The predicted molar refractivity (Wildman–Crippen MR) is 130 cm³/mol. The average Bonchev–Trinajstić information content (AvgIpc) is 2.68. The molecule has 0 fully saturated rings. The maximum atomic E-state index is 11.4. The van der Waals surface area contributed by atoms with Crippen molar-refractivity contribution in [3.8, 4) is 0 Å². The fourth-order valence-corrected chi connectivity index (χ4v) is 3.19. The molecule has 0 aromatic heterocycles. The minimum Gasteiger partial charge on any atom is -0.372 e. The number of nitrogens with zero attached hydrogens (tertiary/aromatic N) is 2. The van der Waals surface area contributed by atoms with Crippen molar-refractivity contribution in [2.75, 3.05) is 49.9 Å². The number of aliphatic imine (C=N–C) groups is 1. The summed E-state index contributed by atoms with van der Waals surface area (Å²) >= 11 is 0. The van der Waals surface area contributed by atoms with Crippen molar-refractivity contribution >= 4 is 45.6 Å². The van der Waals surface area contributed by atoms with Crippen molar-refractivity contribution in [1.29, 1.82) is 0 Å². The van der Waals surface area contributed by atoms with E-state index in [0.29, 0.717) is 19.5 Å². The largest absolute Gasteiger partial charge is 0.372 e. The van der Waals surface area contributed by atoms with Gasteiger partial charge in [-0.1, -0.05) is 18.2 Å². The fraction of sp³-hybridized carbons (Fsp3) is 0.632. The topological polar surface area (TPSA) is 85.8 Å². The van der Waals surface area contributed by atoms with Crippen molar-refractivity contribution in [3.63, 3.8) is 0 Å². The Morgan fingerprint density at radius 2 is 1.75 bits per heavy atom. The first-order chi connectivity index (χ1) is 13.0. The standard InChI is InChI=1S/C19H35N5O2S.HI/c1-4-20-19(21-14-10-16-23-27(25,26)6-3)22-15-11-17-24(5-2)18-12-8-7-9-13-18;/h7-9,12-13,23H,4-6,10-11,14-17H2,1-3H3,(H2,20,21,22);1H. The van der Waals surface area contributed by atoms with Crippen molar-refractivity contribution < 1.29 is 8.42 Å². The molecule has 0 bridgehead atoms. The van der Waals surface area contributed by atoms with Gasteiger partial charge in [-0.2, -0.15) is 0 Å². The molecule has 0 atom stereocenters. The summed E-state index contributed by atoms with van der Waals surface area (Å²) in [7, 11) is -3.11. The maximum absolute atomic E-state index is 11.4. The van der Waals surface area contributed by atoms with Crippen LogP contribution in [0.3, 0.4) is 0 Å². The normalized spacial score (nSPS) is 11.6. The lowest BCUT2D eigenvalue weighted by molar-refractivity contribution is 0.579. The number of nitrogens with one attached hydrogen (secondary N) is 3. The van der Waals surface area contributed by atoms with E-state index in [4.69, 9.17) is 0 Å². The second-order valence-electron chi connectivity index (χ2n) is 6.11. The number of rotatable bonds is 13. The molecule has 0 aliphatic carbocycles. The van der Waals surface area contributed by atoms with Gasteiger partial charge < -0.3 is 15.5 Å². The zero-order valence-electron chi connectivity index (χ0n) is 17.3. The van der Waals surface area contributed by atoms with Gasteiger partial charge in [0.25, 0.3) is 0 Å². The summed E-state index contributed by atoms with van der Waals surface area (Å²) in [6.45, 7) is 10.4. The Bertz CT molecular complexity index is 641. The molecule has 0 radical (unpaired) electrons. The van der Waals surface area contributed by atoms with Gasteiger partial charge in [0.15, 0.2) is 5.96 Å². The van der Waals surface area contributed by atoms with Gasteiger partial charge in [-0.05, 0) is 45.7 Å². The van der Waals surface area contributed by atoms with E-state index in [1.165, 1.54) is 5.69 Å². The third-order valence-corrected chi connectivity index (χ3v) is 5.46. The van der Waals surface area contributed by atoms with Crippen LogP contribution in [-0.2, 0) is 10.0 Å². The lowest BCUT2D eigenvalue weighted by Gasteiger charge is -2.22. The molecule has 1 rings (SSSR count). The van der Waals surface area contributed by atoms with Crippen LogP contribution in [0.4, 0.5) is 5.69 Å². The number of para-hydroxylation sites is 1. The molecule has 0 amide bonds. The number of hydrogen-bond acceptors (Lipinski definition) is 4. The van der Waals surface area contributed by atoms with E-state index < -0.39 is 10.0 Å². The highest BCUT2D eigenvalue weighted by molar-refractivity contribution is 14.0. The fourth-order valence-electron chi connectivity index (χ4n) is 2.53. The summed E-state index contributed by atoms with van der Waals surface area (Å²) in [6, 6.07) is 10.4. The molecule has 9 heteroatoms. The van der Waals surface area contributed by atoms with Crippen LogP contribution >= 0.6 is 24.0 Å². The number of anilines is 1. The summed E-state index contributed by atoms with van der Waals surface area (Å²) in [4.78, 5) is 6.95. The van der Waals surface area contributed by atoms with Gasteiger partial charge in [0.1, 0.15) is 0 Å². The number of guanidine groups is 1. The quantitative estimate of drug-likeness (QED) is 0.160. The van der Waals surface area contributed by atoms with Crippen LogP contribution in [0.15, 0.2) is 35.3 Å². The highest BCUT2D eigenvalue weighted by Gasteiger charge is 2.05. The molecule has 162 valence electrons. The Morgan fingerprint density at radius 3 is 2.36 bits per heavy atom. The molecule has 28 heavy (non-hydrogen) atoms. The number of halogens is 1. The SMILES string of the molecule is CCNC(=NCCCN(CC)c1ccccc1)NCCCNS(=O)(=O)CC.I. The average molecular weight is 526 g/mol. The summed E-state index contributed by atoms with van der Waals surface area (Å²) in [5.74, 6) is 0.890. The molecule has 0 saturated heterocycles. The van der Waals surface area contributed by atoms with E-state index >= 15 is 0 Å². The van der Waals surface area contributed by atoms with Crippen LogP contribution in [-0.4, -0.2) is 59.4 Å². The van der Waals surface area contributed by atoms with Crippen LogP contribution in [0.2, 0.25) is 0 Å². The van der Waals surface area contributed by atoms with Gasteiger partial charge in [-0.15, -0.1) is 24.0 Å². The molecule has 0 heterocycles. The third kappa shape index (κ3) is 11.7. The second kappa shape index (κ2) is 15.8. The number of benzene rings is 1. The minimum absolute atomic E-state index is 0. The summed E-state index contributed by atoms with van der Waals surface area (Å²) < 4.78 is 25.3. The first-order valence-electron chi connectivity index (χ1n) is 9.81. The van der Waals surface area contributed by atoms with Gasteiger partial charge in [-0.3, -0.25) is 4.99 Å². The van der Waals surface area contributed by atoms with E-state index in [1.54, 1.807) is 6.92 Å². The molecule has 7 nitrogen and oxygen atoms in total. The van der Waals surface area contributed by atoms with Crippen LogP contribution < -0.4 is 20.3 Å². The molecule has 1 aromatic carbocycles. The zero-order chi connectivity index (χ0) is 20.0. The molecular formula is C19H36IN5O2S. The van der Waals surface area contributed by atoms with Gasteiger partial charge in [-0.25, -0.2) is 13.1 Å². The third-order valence-electron chi connectivity index (χ3n) is 4.05. The Morgan fingerprint density at radius 1 is 1.04 bits per heavy atom. The summed E-state index contributed by atoms with van der Waals surface area (Å²) in [5.41, 5.74) is 1.24. The monoisotopic (exact) mass is 525 g/mol. The van der Waals surface area contributed by atoms with Crippen LogP contribution in [0.5, 0.6) is 0 Å². The van der Waals surface area contributed by atoms with Crippen molar-refractivity contribution in [3.05, 3.63) is 30.3 Å². The Hall–Kier alpha value is -1.07. The van der Waals surface area contributed by atoms with E-state index in [0.717, 1.165) is 38.6 Å². The minimum atomic E-state index is -3.11. The Labute approximate surface area is 187 Å². The molecule has 0 saturated carbocycles. The molecule has 0 spiro atoms. The van der Waals surface area contributed by atoms with E-state index in [2.05, 4.69) is 56.4 Å². The molecule has 0 aliphatic rings. The maximum Gasteiger partial charge on any atom is 0.211 e. The Kier molecular flexibility index (Phi) is 15.2. The predicted octanol–water partition coefficient (Wildman–Crippen LogP) is 2.41. The molecular weight excluding hydrogens is 489 g/mol. The van der Waals surface area contributed by atoms with Gasteiger partial charge in [0.2, 0.25) is 10.0 Å². The van der Waals surface area contributed by atoms with Crippen LogP contribution in [0, 0.1) is 0 Å². The van der Waals surface area contributed by atoms with E-state index in [9.17, 15) is 8.42 Å². The lowest BCUT2D eigenvalue weighted by atomic mass is 10.2. The van der Waals surface area contributed by atoms with Gasteiger partial charge >= 0.3 is 0 Å². The molecule has 0 unspecified atom stereocenters. The number of hydrogen-bond donors (Lipinski definition) is 3. The first kappa shape index (κ1) is 26.9. The Balaban J connectivity index is 0.00000729. The summed E-state index contributed by atoms with van der Waals surface area (Å²) in [5, 5.41) is 6.47. The van der Waals surface area contributed by atoms with E-state index in [-0.39, 0.29) is 29.7 Å². The van der Waals surface area contributed by atoms with Crippen LogP contribution in [0.1, 0.15) is 33.6 Å². The van der Waals surface area contributed by atoms with Crippen molar-refractivity contribution in [2.45, 2.75) is 33.6 Å². The van der Waals surface area contributed by atoms with Crippen molar-refractivity contribution in [2.24, 2.45) is 4.99 Å². The van der Waals surface area contributed by atoms with Crippen molar-refractivity contribution in [1.82, 2.24) is 15.4 Å². The van der Waals surface area contributed by atoms with Gasteiger partial charge in [0, 0.05) is 45.0 Å². The zero-order valence-corrected chi connectivity index (χ0v) is 20.4. The highest BCUT2D eigenvalue weighted by atomic mass is 127. The van der Waals surface area contributed by atoms with Gasteiger partial charge in [0.05, 0.1) is 5.75 Å². The highest BCUT2D eigenvalue weighted by Crippen LogP contribution is 2.12.